The molecule has 1 aliphatic heterocycles. The van der Waals surface area contributed by atoms with Crippen LogP contribution in [0.1, 0.15) is 41.7 Å². The van der Waals surface area contributed by atoms with Gasteiger partial charge in [-0.25, -0.2) is 0 Å². The van der Waals surface area contributed by atoms with Crippen LogP contribution in [-0.4, -0.2) is 36.1 Å². The van der Waals surface area contributed by atoms with Gasteiger partial charge in [-0.1, -0.05) is 13.3 Å². The van der Waals surface area contributed by atoms with Crippen LogP contribution in [0, 0.1) is 0 Å². The number of carbonyl (C=O) groups excluding carboxylic acids is 1. The highest BCUT2D eigenvalue weighted by molar-refractivity contribution is 9.10. The summed E-state index contributed by atoms with van der Waals surface area (Å²) < 4.78 is 6.74. The van der Waals surface area contributed by atoms with Crippen molar-refractivity contribution in [3.63, 3.8) is 0 Å². The number of morpholine rings is 1. The first kappa shape index (κ1) is 15.0. The van der Waals surface area contributed by atoms with Gasteiger partial charge in [0.1, 0.15) is 0 Å². The molecule has 1 aromatic rings. The molecule has 1 aromatic heterocycles. The minimum Gasteiger partial charge on any atom is -0.372 e. The fourth-order valence-corrected chi connectivity index (χ4v) is 4.35. The van der Waals surface area contributed by atoms with Gasteiger partial charge in [0.25, 0.3) is 5.91 Å². The van der Waals surface area contributed by atoms with Gasteiger partial charge >= 0.3 is 0 Å². The molecule has 0 unspecified atom stereocenters. The Morgan fingerprint density at radius 1 is 1.47 bits per heavy atom. The number of rotatable bonds is 3. The zero-order valence-electron chi connectivity index (χ0n) is 11.6. The number of carbonyl (C=O) groups is 1. The van der Waals surface area contributed by atoms with Gasteiger partial charge in [0, 0.05) is 22.4 Å². The number of hydrogen-bond acceptors (Lipinski definition) is 3. The summed E-state index contributed by atoms with van der Waals surface area (Å²) >= 11 is 5.16. The van der Waals surface area contributed by atoms with E-state index in [1.54, 1.807) is 11.3 Å². The van der Waals surface area contributed by atoms with Crippen LogP contribution in [0.5, 0.6) is 0 Å². The first-order chi connectivity index (χ1) is 9.01. The maximum atomic E-state index is 12.5. The second kappa shape index (κ2) is 6.37. The predicted octanol–water partition coefficient (Wildman–Crippen LogP) is 3.71. The van der Waals surface area contributed by atoms with Crippen LogP contribution in [0.15, 0.2) is 10.5 Å². The summed E-state index contributed by atoms with van der Waals surface area (Å²) in [6, 6.07) is 1.96. The normalized spacial score (nSPS) is 23.7. The van der Waals surface area contributed by atoms with E-state index in [1.165, 1.54) is 4.88 Å². The highest BCUT2D eigenvalue weighted by Gasteiger charge is 2.27. The topological polar surface area (TPSA) is 29.5 Å². The maximum Gasteiger partial charge on any atom is 0.264 e. The van der Waals surface area contributed by atoms with Gasteiger partial charge in [-0.15, -0.1) is 11.3 Å². The molecular formula is C14H20BrNO2S. The largest absolute Gasteiger partial charge is 0.372 e. The van der Waals surface area contributed by atoms with E-state index in [9.17, 15) is 4.79 Å². The first-order valence-electron chi connectivity index (χ1n) is 6.74. The van der Waals surface area contributed by atoms with Gasteiger partial charge in [0.15, 0.2) is 0 Å². The van der Waals surface area contributed by atoms with Crippen molar-refractivity contribution in [3.05, 3.63) is 20.3 Å². The number of thiophene rings is 1. The van der Waals surface area contributed by atoms with Crippen LogP contribution in [0.2, 0.25) is 0 Å². The Hall–Kier alpha value is -0.390. The average molecular weight is 346 g/mol. The van der Waals surface area contributed by atoms with Crippen LogP contribution < -0.4 is 0 Å². The van der Waals surface area contributed by atoms with Gasteiger partial charge < -0.3 is 9.64 Å². The van der Waals surface area contributed by atoms with Crippen molar-refractivity contribution in [1.82, 2.24) is 4.90 Å². The number of halogens is 1. The molecule has 0 aliphatic carbocycles. The third kappa shape index (κ3) is 3.58. The number of amides is 1. The second-order valence-corrected chi connectivity index (χ2v) is 7.09. The molecule has 1 fully saturated rings. The summed E-state index contributed by atoms with van der Waals surface area (Å²) in [7, 11) is 0. The Kier molecular flexibility index (Phi) is 5.03. The van der Waals surface area contributed by atoms with E-state index in [0.29, 0.717) is 13.1 Å². The molecule has 3 nitrogen and oxygen atoms in total. The quantitative estimate of drug-likeness (QED) is 0.835. The molecular weight excluding hydrogens is 326 g/mol. The van der Waals surface area contributed by atoms with Crippen molar-refractivity contribution < 1.29 is 9.53 Å². The third-order valence-electron chi connectivity index (χ3n) is 3.15. The molecule has 0 saturated carbocycles. The Balaban J connectivity index is 2.12. The van der Waals surface area contributed by atoms with E-state index >= 15 is 0 Å². The molecule has 0 bridgehead atoms. The summed E-state index contributed by atoms with van der Waals surface area (Å²) in [5.74, 6) is 0.134. The van der Waals surface area contributed by atoms with Crippen molar-refractivity contribution in [2.45, 2.75) is 45.8 Å². The smallest absolute Gasteiger partial charge is 0.264 e. The van der Waals surface area contributed by atoms with Crippen molar-refractivity contribution in [2.75, 3.05) is 13.1 Å². The second-order valence-electron chi connectivity index (χ2n) is 5.10. The minimum absolute atomic E-state index is 0.117. The maximum absolute atomic E-state index is 12.5. The zero-order valence-corrected chi connectivity index (χ0v) is 14.0. The summed E-state index contributed by atoms with van der Waals surface area (Å²) in [4.78, 5) is 16.5. The van der Waals surface area contributed by atoms with Crippen LogP contribution in [0.3, 0.4) is 0 Å². The molecule has 1 aliphatic rings. The molecule has 106 valence electrons. The molecule has 1 saturated heterocycles. The Bertz CT molecular complexity index is 450. The number of hydrogen-bond donors (Lipinski definition) is 0. The molecule has 0 N–H and O–H groups in total. The van der Waals surface area contributed by atoms with Crippen molar-refractivity contribution in [1.29, 1.82) is 0 Å². The molecule has 2 rings (SSSR count). The van der Waals surface area contributed by atoms with Crippen molar-refractivity contribution in [2.24, 2.45) is 0 Å². The van der Waals surface area contributed by atoms with Crippen molar-refractivity contribution >= 4 is 33.2 Å². The fourth-order valence-electron chi connectivity index (χ4n) is 2.41. The predicted molar refractivity (Wildman–Crippen MR) is 81.9 cm³/mol. The van der Waals surface area contributed by atoms with Crippen LogP contribution in [0.25, 0.3) is 0 Å². The Labute approximate surface area is 127 Å². The number of nitrogens with zero attached hydrogens (tertiary/aromatic N) is 1. The molecule has 1 amide bonds. The zero-order chi connectivity index (χ0) is 14.0. The summed E-state index contributed by atoms with van der Waals surface area (Å²) in [5, 5.41) is 0. The molecule has 5 heteroatoms. The minimum atomic E-state index is 0.117. The molecule has 0 spiro atoms. The van der Waals surface area contributed by atoms with E-state index in [1.807, 2.05) is 24.8 Å². The molecule has 0 radical (unpaired) electrons. The Morgan fingerprint density at radius 2 is 2.11 bits per heavy atom. The van der Waals surface area contributed by atoms with E-state index in [0.717, 1.165) is 22.2 Å². The van der Waals surface area contributed by atoms with Crippen LogP contribution in [0.4, 0.5) is 0 Å². The van der Waals surface area contributed by atoms with Crippen molar-refractivity contribution in [3.8, 4) is 0 Å². The fraction of sp³-hybridized carbons (Fsp3) is 0.643. The highest BCUT2D eigenvalue weighted by Crippen LogP contribution is 2.30. The number of aryl methyl sites for hydroxylation is 1. The molecule has 0 aromatic carbocycles. The summed E-state index contributed by atoms with van der Waals surface area (Å²) in [5.41, 5.74) is 0. The average Bonchev–Trinajstić information content (AvgIpc) is 2.69. The number of ether oxygens (including phenoxy) is 1. The molecule has 19 heavy (non-hydrogen) atoms. The lowest BCUT2D eigenvalue weighted by Gasteiger charge is -2.35. The van der Waals surface area contributed by atoms with Gasteiger partial charge in [-0.2, -0.15) is 0 Å². The lowest BCUT2D eigenvalue weighted by Crippen LogP contribution is -2.48. The SMILES string of the molecule is CCCc1sc(C(=O)N2C[C@H](C)O[C@@H](C)C2)cc1Br. The standard InChI is InChI=1S/C14H20BrNO2S/c1-4-5-12-11(15)6-13(19-12)14(17)16-7-9(2)18-10(3)8-16/h6,9-10H,4-5,7-8H2,1-3H3/t9-,10-/m0/s1. The van der Waals surface area contributed by atoms with Gasteiger partial charge in [-0.3, -0.25) is 4.79 Å². The van der Waals surface area contributed by atoms with Gasteiger partial charge in [-0.05, 0) is 42.3 Å². The van der Waals surface area contributed by atoms with Gasteiger partial charge in [0.2, 0.25) is 0 Å². The van der Waals surface area contributed by atoms with Crippen LogP contribution >= 0.6 is 27.3 Å². The highest BCUT2D eigenvalue weighted by atomic mass is 79.9. The van der Waals surface area contributed by atoms with E-state index in [4.69, 9.17) is 4.74 Å². The first-order valence-corrected chi connectivity index (χ1v) is 8.35. The van der Waals surface area contributed by atoms with Gasteiger partial charge in [0.05, 0.1) is 17.1 Å². The molecule has 2 heterocycles. The lowest BCUT2D eigenvalue weighted by molar-refractivity contribution is -0.0585. The van der Waals surface area contributed by atoms with Crippen LogP contribution in [-0.2, 0) is 11.2 Å². The lowest BCUT2D eigenvalue weighted by atomic mass is 10.2. The Morgan fingerprint density at radius 3 is 2.68 bits per heavy atom. The monoisotopic (exact) mass is 345 g/mol. The third-order valence-corrected chi connectivity index (χ3v) is 5.30. The molecule has 2 atom stereocenters. The summed E-state index contributed by atoms with van der Waals surface area (Å²) in [6.45, 7) is 7.55. The van der Waals surface area contributed by atoms with E-state index in [-0.39, 0.29) is 18.1 Å². The summed E-state index contributed by atoms with van der Waals surface area (Å²) in [6.07, 6.45) is 2.35. The van der Waals surface area contributed by atoms with E-state index in [2.05, 4.69) is 22.9 Å². The van der Waals surface area contributed by atoms with E-state index < -0.39 is 0 Å².